The number of likely N-dealkylation sites (tertiary alicyclic amines) is 1. The summed E-state index contributed by atoms with van der Waals surface area (Å²) in [7, 11) is 1.74. The van der Waals surface area contributed by atoms with Gasteiger partial charge in [0.25, 0.3) is 0 Å². The van der Waals surface area contributed by atoms with Gasteiger partial charge in [-0.2, -0.15) is 0 Å². The highest BCUT2D eigenvalue weighted by Crippen LogP contribution is 2.36. The number of hydrogen-bond donors (Lipinski definition) is 2. The van der Waals surface area contributed by atoms with Crippen LogP contribution in [0.2, 0.25) is 0 Å². The van der Waals surface area contributed by atoms with Crippen molar-refractivity contribution in [3.63, 3.8) is 0 Å². The van der Waals surface area contributed by atoms with E-state index in [1.54, 1.807) is 7.11 Å². The molecule has 0 saturated carbocycles. The fourth-order valence-electron chi connectivity index (χ4n) is 6.24. The largest absolute Gasteiger partial charge is 0.380 e. The summed E-state index contributed by atoms with van der Waals surface area (Å²) < 4.78 is 11.5. The highest BCUT2D eigenvalue weighted by atomic mass is 16.5. The fraction of sp³-hybridized carbons (Fsp3) is 0.517. The molecule has 196 valence electrons. The maximum atomic E-state index is 13.7. The van der Waals surface area contributed by atoms with Gasteiger partial charge in [-0.1, -0.05) is 6.07 Å². The number of methoxy groups -OCH3 is 1. The van der Waals surface area contributed by atoms with Crippen molar-refractivity contribution < 1.29 is 14.3 Å². The van der Waals surface area contributed by atoms with Crippen molar-refractivity contribution in [2.24, 2.45) is 0 Å². The van der Waals surface area contributed by atoms with E-state index in [-0.39, 0.29) is 23.7 Å². The van der Waals surface area contributed by atoms with E-state index < -0.39 is 0 Å². The van der Waals surface area contributed by atoms with Gasteiger partial charge in [0.2, 0.25) is 0 Å². The monoisotopic (exact) mass is 503 g/mol. The normalized spacial score (nSPS) is 23.5. The van der Waals surface area contributed by atoms with Crippen LogP contribution in [0, 0.1) is 6.92 Å². The minimum Gasteiger partial charge on any atom is -0.380 e. The molecule has 8 heteroatoms. The smallest absolute Gasteiger partial charge is 0.320 e. The van der Waals surface area contributed by atoms with Gasteiger partial charge in [-0.05, 0) is 73.6 Å². The summed E-state index contributed by atoms with van der Waals surface area (Å²) in [4.78, 5) is 25.7. The summed E-state index contributed by atoms with van der Waals surface area (Å²) in [6.45, 7) is 10.5. The van der Waals surface area contributed by atoms with E-state index in [1.807, 2.05) is 22.2 Å². The van der Waals surface area contributed by atoms with Gasteiger partial charge in [-0.3, -0.25) is 0 Å². The molecule has 2 unspecified atom stereocenters. The van der Waals surface area contributed by atoms with Gasteiger partial charge in [0.1, 0.15) is 5.65 Å². The number of amides is 2. The molecule has 8 nitrogen and oxygen atoms in total. The Hall–Kier alpha value is -2.94. The molecule has 2 saturated heterocycles. The van der Waals surface area contributed by atoms with Gasteiger partial charge >= 0.3 is 6.03 Å². The van der Waals surface area contributed by atoms with Crippen LogP contribution in [-0.2, 0) is 22.4 Å². The van der Waals surface area contributed by atoms with Crippen LogP contribution in [0.4, 0.5) is 4.79 Å². The van der Waals surface area contributed by atoms with Gasteiger partial charge in [-0.25, -0.2) is 9.78 Å². The molecule has 2 amide bonds. The number of morpholine rings is 1. The number of hydrogen-bond acceptors (Lipinski definition) is 5. The molecule has 0 aliphatic carbocycles. The summed E-state index contributed by atoms with van der Waals surface area (Å²) in [5.74, 6) is 0. The molecule has 0 spiro atoms. The number of pyridine rings is 1. The average molecular weight is 504 g/mol. The van der Waals surface area contributed by atoms with E-state index in [2.05, 4.69) is 54.3 Å². The number of carbonyl (C=O) groups is 1. The lowest BCUT2D eigenvalue weighted by molar-refractivity contribution is 0.0760. The van der Waals surface area contributed by atoms with Crippen molar-refractivity contribution in [1.29, 1.82) is 0 Å². The first-order valence-corrected chi connectivity index (χ1v) is 13.3. The number of nitrogens with one attached hydrogen (secondary N) is 2. The minimum absolute atomic E-state index is 0.0901. The van der Waals surface area contributed by atoms with Gasteiger partial charge in [-0.15, -0.1) is 0 Å². The van der Waals surface area contributed by atoms with Crippen molar-refractivity contribution >= 4 is 17.1 Å². The van der Waals surface area contributed by atoms with E-state index >= 15 is 0 Å². The van der Waals surface area contributed by atoms with Crippen molar-refractivity contribution in [2.45, 2.75) is 57.8 Å². The highest BCUT2D eigenvalue weighted by Gasteiger charge is 2.43. The van der Waals surface area contributed by atoms with Crippen molar-refractivity contribution in [3.05, 3.63) is 52.8 Å². The highest BCUT2D eigenvalue weighted by molar-refractivity contribution is 5.85. The molecule has 0 radical (unpaired) electrons. The maximum absolute atomic E-state index is 13.7. The maximum Gasteiger partial charge on any atom is 0.320 e. The van der Waals surface area contributed by atoms with Crippen LogP contribution in [-0.4, -0.2) is 77.4 Å². The lowest BCUT2D eigenvalue weighted by atomic mass is 9.87. The van der Waals surface area contributed by atoms with E-state index in [0.29, 0.717) is 26.2 Å². The molecule has 2 N–H and O–H groups in total. The number of aryl methyl sites for hydroxylation is 1. The first kappa shape index (κ1) is 24.4. The lowest BCUT2D eigenvalue weighted by Crippen LogP contribution is -2.51. The molecule has 2 atom stereocenters. The van der Waals surface area contributed by atoms with Gasteiger partial charge in [0.05, 0.1) is 25.4 Å². The number of nitrogens with zero attached hydrogens (tertiary/aromatic N) is 3. The molecule has 1 aromatic carbocycles. The molecule has 5 heterocycles. The number of ether oxygens (including phenoxy) is 2. The van der Waals surface area contributed by atoms with E-state index in [4.69, 9.17) is 9.47 Å². The summed E-state index contributed by atoms with van der Waals surface area (Å²) in [5.41, 5.74) is 7.95. The first-order chi connectivity index (χ1) is 17.8. The molecule has 3 aliphatic heterocycles. The second kappa shape index (κ2) is 9.42. The Bertz CT molecular complexity index is 1330. The first-order valence-electron chi connectivity index (χ1n) is 13.3. The van der Waals surface area contributed by atoms with Gasteiger partial charge < -0.3 is 29.6 Å². The number of H-pyrrole nitrogens is 1. The van der Waals surface area contributed by atoms with Crippen LogP contribution >= 0.6 is 0 Å². The number of aromatic nitrogens is 2. The lowest BCUT2D eigenvalue weighted by Gasteiger charge is -2.39. The predicted octanol–water partition coefficient (Wildman–Crippen LogP) is 4.18. The Balaban J connectivity index is 1.36. The zero-order valence-electron chi connectivity index (χ0n) is 22.3. The number of rotatable bonds is 3. The van der Waals surface area contributed by atoms with Crippen LogP contribution in [0.5, 0.6) is 0 Å². The van der Waals surface area contributed by atoms with Crippen molar-refractivity contribution in [2.75, 3.05) is 40.0 Å². The molecule has 3 aliphatic rings. The Morgan fingerprint density at radius 1 is 1.24 bits per heavy atom. The quantitative estimate of drug-likeness (QED) is 0.561. The van der Waals surface area contributed by atoms with Gasteiger partial charge in [0.15, 0.2) is 0 Å². The molecular weight excluding hydrogens is 466 g/mol. The Labute approximate surface area is 218 Å². The Morgan fingerprint density at radius 2 is 2.11 bits per heavy atom. The summed E-state index contributed by atoms with van der Waals surface area (Å²) >= 11 is 0. The minimum atomic E-state index is -0.217. The van der Waals surface area contributed by atoms with Crippen molar-refractivity contribution in [1.82, 2.24) is 25.1 Å². The summed E-state index contributed by atoms with van der Waals surface area (Å²) in [6, 6.07) is 7.02. The molecule has 3 aromatic rings. The SMILES string of the molecule is COC1CN(C(=O)N2CCc3cc(-c4cnc5[nH]cc(C)c5c4)cc(C4COCCN4)c3C2)C(C)(C)C1. The zero-order chi connectivity index (χ0) is 25.7. The van der Waals surface area contributed by atoms with E-state index in [1.165, 1.54) is 27.8 Å². The molecule has 2 aromatic heterocycles. The van der Waals surface area contributed by atoms with Crippen LogP contribution in [0.3, 0.4) is 0 Å². The second-order valence-corrected chi connectivity index (χ2v) is 11.3. The zero-order valence-corrected chi connectivity index (χ0v) is 22.3. The Morgan fingerprint density at radius 3 is 2.86 bits per heavy atom. The Kier molecular flexibility index (Phi) is 6.21. The number of carbonyl (C=O) groups excluding carboxylic acids is 1. The van der Waals surface area contributed by atoms with Crippen LogP contribution in [0.1, 0.15) is 48.6 Å². The molecule has 6 rings (SSSR count). The average Bonchev–Trinajstić information content (AvgIpc) is 3.45. The van der Waals surface area contributed by atoms with E-state index in [0.717, 1.165) is 42.6 Å². The standard InChI is InChI=1S/C29H37N5O3/c1-18-13-31-27-23(18)11-21(14-32-27)20-9-19-5-7-33(28(35)34-15-22(36-4)12-29(34,2)3)16-25(19)24(10-20)26-17-37-8-6-30-26/h9-11,13-14,22,26,30H,5-8,12,15-17H2,1-4H3,(H,31,32). The van der Waals surface area contributed by atoms with Crippen LogP contribution in [0.25, 0.3) is 22.2 Å². The van der Waals surface area contributed by atoms with Gasteiger partial charge in [0, 0.05) is 62.2 Å². The third-order valence-corrected chi connectivity index (χ3v) is 8.42. The third kappa shape index (κ3) is 4.41. The van der Waals surface area contributed by atoms with Crippen molar-refractivity contribution in [3.8, 4) is 11.1 Å². The summed E-state index contributed by atoms with van der Waals surface area (Å²) in [6.07, 6.45) is 5.74. The summed E-state index contributed by atoms with van der Waals surface area (Å²) in [5, 5.41) is 4.80. The van der Waals surface area contributed by atoms with E-state index in [9.17, 15) is 4.79 Å². The topological polar surface area (TPSA) is 82.7 Å². The number of urea groups is 1. The fourth-order valence-corrected chi connectivity index (χ4v) is 6.24. The van der Waals surface area contributed by atoms with Crippen LogP contribution in [0.15, 0.2) is 30.6 Å². The predicted molar refractivity (Wildman–Crippen MR) is 144 cm³/mol. The number of aromatic amines is 1. The molecular formula is C29H37N5O3. The third-order valence-electron chi connectivity index (χ3n) is 8.42. The second-order valence-electron chi connectivity index (χ2n) is 11.3. The van der Waals surface area contributed by atoms with Crippen LogP contribution < -0.4 is 5.32 Å². The number of fused-ring (bicyclic) bond motifs is 2. The number of benzene rings is 1. The molecule has 0 bridgehead atoms. The molecule has 37 heavy (non-hydrogen) atoms. The molecule has 2 fully saturated rings.